The second-order valence-corrected chi connectivity index (χ2v) is 3.52. The number of aryl methyl sites for hydroxylation is 1. The standard InChI is InChI=1S/C12H14ClN/c1-3-4-7-14-9-11-5-6-12(13)10(2)8-11/h5-6,8,14H,7,9H2,1-2H3. The molecule has 1 N–H and O–H groups in total. The third-order valence-electron chi connectivity index (χ3n) is 1.94. The number of nitrogens with one attached hydrogen (secondary N) is 1. The predicted octanol–water partition coefficient (Wildman–Crippen LogP) is 2.76. The van der Waals surface area contributed by atoms with Gasteiger partial charge in [-0.3, -0.25) is 0 Å². The van der Waals surface area contributed by atoms with Crippen LogP contribution in [0.15, 0.2) is 18.2 Å². The number of halogens is 1. The minimum Gasteiger partial charge on any atom is -0.302 e. The zero-order chi connectivity index (χ0) is 10.4. The lowest BCUT2D eigenvalue weighted by Crippen LogP contribution is -2.13. The number of benzene rings is 1. The van der Waals surface area contributed by atoms with Gasteiger partial charge >= 0.3 is 0 Å². The summed E-state index contributed by atoms with van der Waals surface area (Å²) in [6, 6.07) is 6.05. The molecule has 0 heterocycles. The molecule has 0 spiro atoms. The largest absolute Gasteiger partial charge is 0.302 e. The molecule has 0 aliphatic heterocycles. The van der Waals surface area contributed by atoms with Gasteiger partial charge in [-0.05, 0) is 31.0 Å². The molecule has 0 aliphatic rings. The lowest BCUT2D eigenvalue weighted by Gasteiger charge is -2.03. The molecular formula is C12H14ClN. The maximum atomic E-state index is 5.92. The molecule has 0 amide bonds. The Bertz CT molecular complexity index is 360. The third-order valence-corrected chi connectivity index (χ3v) is 2.37. The van der Waals surface area contributed by atoms with E-state index < -0.39 is 0 Å². The van der Waals surface area contributed by atoms with Crippen molar-refractivity contribution in [3.63, 3.8) is 0 Å². The molecule has 0 aliphatic carbocycles. The Morgan fingerprint density at radius 3 is 2.86 bits per heavy atom. The first-order valence-electron chi connectivity index (χ1n) is 4.59. The Hall–Kier alpha value is -0.970. The average Bonchev–Trinajstić information content (AvgIpc) is 2.18. The normalized spacial score (nSPS) is 9.36. The maximum Gasteiger partial charge on any atom is 0.0578 e. The highest BCUT2D eigenvalue weighted by molar-refractivity contribution is 6.31. The van der Waals surface area contributed by atoms with Gasteiger partial charge in [-0.2, -0.15) is 0 Å². The van der Waals surface area contributed by atoms with Crippen LogP contribution >= 0.6 is 11.6 Å². The number of rotatable bonds is 3. The summed E-state index contributed by atoms with van der Waals surface area (Å²) in [6.45, 7) is 5.43. The van der Waals surface area contributed by atoms with Crippen molar-refractivity contribution >= 4 is 11.6 Å². The summed E-state index contributed by atoms with van der Waals surface area (Å²) in [4.78, 5) is 0. The fourth-order valence-corrected chi connectivity index (χ4v) is 1.29. The first kappa shape index (κ1) is 11.1. The van der Waals surface area contributed by atoms with Gasteiger partial charge in [-0.1, -0.05) is 29.7 Å². The predicted molar refractivity (Wildman–Crippen MR) is 61.3 cm³/mol. The maximum absolute atomic E-state index is 5.92. The molecule has 1 aromatic rings. The topological polar surface area (TPSA) is 12.0 Å². The number of hydrogen-bond donors (Lipinski definition) is 1. The molecule has 1 nitrogen and oxygen atoms in total. The summed E-state index contributed by atoms with van der Waals surface area (Å²) in [6.07, 6.45) is 0. The van der Waals surface area contributed by atoms with Gasteiger partial charge in [0.25, 0.3) is 0 Å². The van der Waals surface area contributed by atoms with E-state index in [2.05, 4.69) is 23.2 Å². The molecule has 0 saturated heterocycles. The van der Waals surface area contributed by atoms with E-state index in [0.717, 1.165) is 23.7 Å². The van der Waals surface area contributed by atoms with Crippen molar-refractivity contribution in [2.45, 2.75) is 20.4 Å². The molecule has 0 aromatic heterocycles. The quantitative estimate of drug-likeness (QED) is 0.594. The van der Waals surface area contributed by atoms with Crippen LogP contribution in [0.1, 0.15) is 18.1 Å². The van der Waals surface area contributed by atoms with Crippen LogP contribution in [0, 0.1) is 18.8 Å². The minimum absolute atomic E-state index is 0.734. The van der Waals surface area contributed by atoms with Crippen molar-refractivity contribution < 1.29 is 0 Å². The van der Waals surface area contributed by atoms with Gasteiger partial charge in [0.2, 0.25) is 0 Å². The molecule has 0 atom stereocenters. The Kier molecular flexibility index (Phi) is 4.52. The fraction of sp³-hybridized carbons (Fsp3) is 0.333. The summed E-state index contributed by atoms with van der Waals surface area (Å²) in [5, 5.41) is 4.05. The van der Waals surface area contributed by atoms with Crippen LogP contribution in [0.5, 0.6) is 0 Å². The first-order chi connectivity index (χ1) is 6.74. The van der Waals surface area contributed by atoms with Crippen molar-refractivity contribution in [1.82, 2.24) is 5.32 Å². The van der Waals surface area contributed by atoms with E-state index in [4.69, 9.17) is 11.6 Å². The van der Waals surface area contributed by atoms with E-state index in [1.807, 2.05) is 26.0 Å². The first-order valence-corrected chi connectivity index (χ1v) is 4.97. The Labute approximate surface area is 90.5 Å². The van der Waals surface area contributed by atoms with Crippen LogP contribution in [-0.2, 0) is 6.54 Å². The van der Waals surface area contributed by atoms with Gasteiger partial charge in [0, 0.05) is 11.6 Å². The molecular weight excluding hydrogens is 194 g/mol. The molecule has 0 radical (unpaired) electrons. The summed E-state index contributed by atoms with van der Waals surface area (Å²) >= 11 is 5.92. The second-order valence-electron chi connectivity index (χ2n) is 3.11. The lowest BCUT2D eigenvalue weighted by molar-refractivity contribution is 0.769. The van der Waals surface area contributed by atoms with E-state index in [1.165, 1.54) is 5.56 Å². The summed E-state index contributed by atoms with van der Waals surface area (Å²) in [7, 11) is 0. The van der Waals surface area contributed by atoms with Crippen LogP contribution in [0.2, 0.25) is 5.02 Å². The fourth-order valence-electron chi connectivity index (χ4n) is 1.17. The highest BCUT2D eigenvalue weighted by Crippen LogP contribution is 2.15. The van der Waals surface area contributed by atoms with E-state index in [-0.39, 0.29) is 0 Å². The minimum atomic E-state index is 0.734. The van der Waals surface area contributed by atoms with E-state index in [1.54, 1.807) is 0 Å². The Morgan fingerprint density at radius 1 is 1.43 bits per heavy atom. The summed E-state index contributed by atoms with van der Waals surface area (Å²) < 4.78 is 0. The van der Waals surface area contributed by atoms with Gasteiger partial charge < -0.3 is 5.32 Å². The molecule has 14 heavy (non-hydrogen) atoms. The number of hydrogen-bond acceptors (Lipinski definition) is 1. The highest BCUT2D eigenvalue weighted by atomic mass is 35.5. The van der Waals surface area contributed by atoms with Crippen LogP contribution < -0.4 is 5.32 Å². The molecule has 0 saturated carbocycles. The van der Waals surface area contributed by atoms with Gasteiger partial charge in [0.15, 0.2) is 0 Å². The van der Waals surface area contributed by atoms with Gasteiger partial charge in [-0.15, -0.1) is 5.92 Å². The smallest absolute Gasteiger partial charge is 0.0578 e. The van der Waals surface area contributed by atoms with Gasteiger partial charge in [0.05, 0.1) is 6.54 Å². The van der Waals surface area contributed by atoms with Crippen molar-refractivity contribution in [3.8, 4) is 11.8 Å². The van der Waals surface area contributed by atoms with Crippen LogP contribution in [-0.4, -0.2) is 6.54 Å². The SMILES string of the molecule is CC#CCNCc1ccc(Cl)c(C)c1. The molecule has 0 unspecified atom stereocenters. The van der Waals surface area contributed by atoms with Crippen molar-refractivity contribution in [2.75, 3.05) is 6.54 Å². The lowest BCUT2D eigenvalue weighted by atomic mass is 10.1. The van der Waals surface area contributed by atoms with Crippen molar-refractivity contribution in [1.29, 1.82) is 0 Å². The van der Waals surface area contributed by atoms with Crippen LogP contribution in [0.3, 0.4) is 0 Å². The van der Waals surface area contributed by atoms with Crippen molar-refractivity contribution in [3.05, 3.63) is 34.3 Å². The molecule has 1 rings (SSSR count). The molecule has 2 heteroatoms. The zero-order valence-electron chi connectivity index (χ0n) is 8.52. The highest BCUT2D eigenvalue weighted by Gasteiger charge is 1.96. The van der Waals surface area contributed by atoms with E-state index in [0.29, 0.717) is 0 Å². The molecule has 74 valence electrons. The monoisotopic (exact) mass is 207 g/mol. The zero-order valence-corrected chi connectivity index (χ0v) is 9.28. The van der Waals surface area contributed by atoms with Gasteiger partial charge in [0.1, 0.15) is 0 Å². The van der Waals surface area contributed by atoms with Crippen molar-refractivity contribution in [2.24, 2.45) is 0 Å². The second kappa shape index (κ2) is 5.70. The Morgan fingerprint density at radius 2 is 2.21 bits per heavy atom. The molecule has 0 bridgehead atoms. The molecule has 0 fully saturated rings. The summed E-state index contributed by atoms with van der Waals surface area (Å²) in [5.41, 5.74) is 2.36. The van der Waals surface area contributed by atoms with E-state index >= 15 is 0 Å². The van der Waals surface area contributed by atoms with Crippen LogP contribution in [0.25, 0.3) is 0 Å². The average molecular weight is 208 g/mol. The molecule has 1 aromatic carbocycles. The third kappa shape index (κ3) is 3.41. The van der Waals surface area contributed by atoms with Gasteiger partial charge in [-0.25, -0.2) is 0 Å². The summed E-state index contributed by atoms with van der Waals surface area (Å²) in [5.74, 6) is 5.80. The Balaban J connectivity index is 2.50. The van der Waals surface area contributed by atoms with E-state index in [9.17, 15) is 0 Å². The van der Waals surface area contributed by atoms with Crippen LogP contribution in [0.4, 0.5) is 0 Å².